The first kappa shape index (κ1) is 19.9. The molecule has 1 atom stereocenters. The fourth-order valence-corrected chi connectivity index (χ4v) is 4.53. The first-order valence-electron chi connectivity index (χ1n) is 10.3. The summed E-state index contributed by atoms with van der Waals surface area (Å²) in [5, 5.41) is 7.49. The highest BCUT2D eigenvalue weighted by Gasteiger charge is 2.20. The highest BCUT2D eigenvalue weighted by molar-refractivity contribution is 7.08. The lowest BCUT2D eigenvalue weighted by molar-refractivity contribution is 0.312. The van der Waals surface area contributed by atoms with Gasteiger partial charge >= 0.3 is 0 Å². The van der Waals surface area contributed by atoms with Gasteiger partial charge in [-0.15, -0.1) is 0 Å². The average Bonchev–Trinajstić information content (AvgIpc) is 3.48. The Hall–Kier alpha value is -3.08. The van der Waals surface area contributed by atoms with E-state index in [0.717, 1.165) is 54.6 Å². The van der Waals surface area contributed by atoms with Crippen molar-refractivity contribution < 1.29 is 0 Å². The molecule has 0 bridgehead atoms. The standard InChI is InChI=1S/C21H25N9S/c1-28-7-9-29(10-8-28)19-20-25-13-18(30(20)6-5-23-19)16-2-4-24-21(26-16)27-17(12-22)15-3-11-31-14-15/h2-6,11,13-14,17H,7-10,12,22H2,1H3,(H,24,26,27). The van der Waals surface area contributed by atoms with Crippen LogP contribution in [0.4, 0.5) is 11.8 Å². The Morgan fingerprint density at radius 1 is 1.13 bits per heavy atom. The van der Waals surface area contributed by atoms with Gasteiger partial charge in [-0.25, -0.2) is 19.9 Å². The van der Waals surface area contributed by atoms with Gasteiger partial charge in [-0.3, -0.25) is 4.40 Å². The molecule has 4 aromatic rings. The Balaban J connectivity index is 1.45. The molecule has 1 saturated heterocycles. The number of imidazole rings is 1. The molecular formula is C21H25N9S. The number of nitrogens with zero attached hydrogens (tertiary/aromatic N) is 7. The van der Waals surface area contributed by atoms with Crippen molar-refractivity contribution in [2.24, 2.45) is 5.73 Å². The third-order valence-electron chi connectivity index (χ3n) is 5.61. The van der Waals surface area contributed by atoms with Gasteiger partial charge in [0.25, 0.3) is 0 Å². The van der Waals surface area contributed by atoms with Crippen LogP contribution in [0.15, 0.2) is 47.7 Å². The monoisotopic (exact) mass is 435 g/mol. The minimum atomic E-state index is -0.0308. The molecule has 0 aromatic carbocycles. The van der Waals surface area contributed by atoms with E-state index in [1.807, 2.05) is 34.4 Å². The van der Waals surface area contributed by atoms with Crippen molar-refractivity contribution in [3.63, 3.8) is 0 Å². The number of rotatable bonds is 6. The quantitative estimate of drug-likeness (QED) is 0.475. The maximum Gasteiger partial charge on any atom is 0.223 e. The topological polar surface area (TPSA) is 100 Å². The van der Waals surface area contributed by atoms with Crippen LogP contribution in [-0.2, 0) is 0 Å². The number of aromatic nitrogens is 5. The zero-order chi connectivity index (χ0) is 21.2. The Morgan fingerprint density at radius 2 is 2.00 bits per heavy atom. The summed E-state index contributed by atoms with van der Waals surface area (Å²) in [6.45, 7) is 4.37. The number of nitrogens with one attached hydrogen (secondary N) is 1. The van der Waals surface area contributed by atoms with Gasteiger partial charge in [-0.1, -0.05) is 0 Å². The number of thiophene rings is 1. The summed E-state index contributed by atoms with van der Waals surface area (Å²) in [4.78, 5) is 23.1. The molecule has 0 radical (unpaired) electrons. The Kier molecular flexibility index (Phi) is 5.49. The van der Waals surface area contributed by atoms with Crippen molar-refractivity contribution in [3.8, 4) is 11.4 Å². The second kappa shape index (κ2) is 8.58. The average molecular weight is 436 g/mol. The molecule has 4 aromatic heterocycles. The van der Waals surface area contributed by atoms with E-state index in [-0.39, 0.29) is 6.04 Å². The predicted octanol–water partition coefficient (Wildman–Crippen LogP) is 2.11. The summed E-state index contributed by atoms with van der Waals surface area (Å²) >= 11 is 1.65. The minimum Gasteiger partial charge on any atom is -0.351 e. The maximum atomic E-state index is 5.97. The van der Waals surface area contributed by atoms with Crippen molar-refractivity contribution in [1.29, 1.82) is 0 Å². The van der Waals surface area contributed by atoms with E-state index in [1.165, 1.54) is 0 Å². The van der Waals surface area contributed by atoms with Gasteiger partial charge in [0, 0.05) is 51.3 Å². The van der Waals surface area contributed by atoms with Gasteiger partial charge < -0.3 is 20.9 Å². The van der Waals surface area contributed by atoms with Gasteiger partial charge in [0.05, 0.1) is 23.6 Å². The lowest BCUT2D eigenvalue weighted by Crippen LogP contribution is -2.45. The Bertz CT molecular complexity index is 1150. The van der Waals surface area contributed by atoms with E-state index in [0.29, 0.717) is 12.5 Å². The molecule has 5 rings (SSSR count). The van der Waals surface area contributed by atoms with Crippen molar-refractivity contribution in [1.82, 2.24) is 29.2 Å². The van der Waals surface area contributed by atoms with Gasteiger partial charge in [0.2, 0.25) is 5.95 Å². The molecule has 0 saturated carbocycles. The molecule has 10 heteroatoms. The maximum absolute atomic E-state index is 5.97. The fraction of sp³-hybridized carbons (Fsp3) is 0.333. The number of piperazine rings is 1. The van der Waals surface area contributed by atoms with Crippen LogP contribution in [0.1, 0.15) is 11.6 Å². The molecule has 0 aliphatic carbocycles. The van der Waals surface area contributed by atoms with Crippen LogP contribution in [0.25, 0.3) is 17.0 Å². The summed E-state index contributed by atoms with van der Waals surface area (Å²) in [5.41, 5.74) is 9.65. The lowest BCUT2D eigenvalue weighted by atomic mass is 10.1. The molecule has 1 aliphatic rings. The zero-order valence-electron chi connectivity index (χ0n) is 17.3. The van der Waals surface area contributed by atoms with E-state index < -0.39 is 0 Å². The highest BCUT2D eigenvalue weighted by atomic mass is 32.1. The predicted molar refractivity (Wildman–Crippen MR) is 123 cm³/mol. The van der Waals surface area contributed by atoms with E-state index in [4.69, 9.17) is 10.7 Å². The second-order valence-electron chi connectivity index (χ2n) is 7.63. The van der Waals surface area contributed by atoms with Gasteiger partial charge in [0.1, 0.15) is 0 Å². The molecule has 3 N–H and O–H groups in total. The fourth-order valence-electron chi connectivity index (χ4n) is 3.81. The van der Waals surface area contributed by atoms with Gasteiger partial charge in [-0.05, 0) is 35.5 Å². The molecule has 1 unspecified atom stereocenters. The number of nitrogens with two attached hydrogens (primary N) is 1. The van der Waals surface area contributed by atoms with Crippen LogP contribution in [0.5, 0.6) is 0 Å². The normalized spacial score (nSPS) is 16.0. The summed E-state index contributed by atoms with van der Waals surface area (Å²) in [7, 11) is 2.15. The van der Waals surface area contributed by atoms with Gasteiger partial charge in [-0.2, -0.15) is 11.3 Å². The van der Waals surface area contributed by atoms with E-state index in [9.17, 15) is 0 Å². The van der Waals surface area contributed by atoms with Crippen molar-refractivity contribution >= 4 is 28.8 Å². The number of hydrogen-bond acceptors (Lipinski definition) is 9. The molecule has 0 spiro atoms. The third kappa shape index (κ3) is 3.97. The van der Waals surface area contributed by atoms with E-state index in [1.54, 1.807) is 17.5 Å². The number of likely N-dealkylation sites (N-methyl/N-ethyl adjacent to an activating group) is 1. The van der Waals surface area contributed by atoms with Crippen LogP contribution in [0.3, 0.4) is 0 Å². The minimum absolute atomic E-state index is 0.0308. The van der Waals surface area contributed by atoms with Crippen molar-refractivity contribution in [2.75, 3.05) is 50.0 Å². The molecule has 9 nitrogen and oxygen atoms in total. The first-order valence-corrected chi connectivity index (χ1v) is 11.2. The largest absolute Gasteiger partial charge is 0.351 e. The summed E-state index contributed by atoms with van der Waals surface area (Å²) < 4.78 is 2.05. The van der Waals surface area contributed by atoms with Crippen LogP contribution in [0, 0.1) is 0 Å². The first-order chi connectivity index (χ1) is 15.2. The van der Waals surface area contributed by atoms with Crippen molar-refractivity contribution in [2.45, 2.75) is 6.04 Å². The second-order valence-corrected chi connectivity index (χ2v) is 8.41. The van der Waals surface area contributed by atoms with Crippen LogP contribution >= 0.6 is 11.3 Å². The third-order valence-corrected chi connectivity index (χ3v) is 6.32. The van der Waals surface area contributed by atoms with Gasteiger partial charge in [0.15, 0.2) is 11.5 Å². The Labute approximate surface area is 184 Å². The van der Waals surface area contributed by atoms with Crippen molar-refractivity contribution in [3.05, 3.63) is 53.2 Å². The summed E-state index contributed by atoms with van der Waals surface area (Å²) in [6.07, 6.45) is 7.36. The molecule has 0 amide bonds. The van der Waals surface area contributed by atoms with Crippen LogP contribution in [-0.4, -0.2) is 69.0 Å². The number of fused-ring (bicyclic) bond motifs is 1. The van der Waals surface area contributed by atoms with Crippen LogP contribution < -0.4 is 16.0 Å². The number of anilines is 2. The zero-order valence-corrected chi connectivity index (χ0v) is 18.2. The number of hydrogen-bond donors (Lipinski definition) is 2. The lowest BCUT2D eigenvalue weighted by Gasteiger charge is -2.33. The summed E-state index contributed by atoms with van der Waals surface area (Å²) in [5.74, 6) is 1.46. The molecule has 1 fully saturated rings. The molecule has 31 heavy (non-hydrogen) atoms. The molecule has 160 valence electrons. The molecule has 1 aliphatic heterocycles. The summed E-state index contributed by atoms with van der Waals surface area (Å²) in [6, 6.07) is 3.93. The highest BCUT2D eigenvalue weighted by Crippen LogP contribution is 2.26. The smallest absolute Gasteiger partial charge is 0.223 e. The van der Waals surface area contributed by atoms with Crippen LogP contribution in [0.2, 0.25) is 0 Å². The molecular weight excluding hydrogens is 410 g/mol. The van der Waals surface area contributed by atoms with E-state index in [2.05, 4.69) is 48.6 Å². The molecule has 5 heterocycles. The SMILES string of the molecule is CN1CCN(c2nccn3c(-c4ccnc(NC(CN)c5ccsc5)n4)cnc23)CC1. The Morgan fingerprint density at radius 3 is 2.77 bits per heavy atom. The van der Waals surface area contributed by atoms with E-state index >= 15 is 0 Å².